The smallest absolute Gasteiger partial charge is 0.266 e. The van der Waals surface area contributed by atoms with Gasteiger partial charge in [-0.05, 0) is 41.8 Å². The number of aryl methyl sites for hydroxylation is 2. The van der Waals surface area contributed by atoms with Crippen molar-refractivity contribution in [1.82, 2.24) is 9.78 Å². The van der Waals surface area contributed by atoms with Crippen LogP contribution in [0.5, 0.6) is 0 Å². The molecule has 0 saturated carbocycles. The molecule has 0 aliphatic rings. The first-order valence-corrected chi connectivity index (χ1v) is 9.35. The average molecular weight is 426 g/mol. The van der Waals surface area contributed by atoms with Gasteiger partial charge < -0.3 is 5.21 Å². The van der Waals surface area contributed by atoms with Crippen LogP contribution in [0, 0.1) is 6.92 Å². The Kier molecular flexibility index (Phi) is 5.86. The fourth-order valence-corrected chi connectivity index (χ4v) is 3.39. The lowest BCUT2D eigenvalue weighted by Crippen LogP contribution is -2.22. The third-order valence-electron chi connectivity index (χ3n) is 4.61. The Labute approximate surface area is 166 Å². The summed E-state index contributed by atoms with van der Waals surface area (Å²) in [4.78, 5) is 11.6. The lowest BCUT2D eigenvalue weighted by Gasteiger charge is -2.20. The van der Waals surface area contributed by atoms with Crippen LogP contribution in [0.1, 0.15) is 34.7 Å². The molecule has 1 N–H and O–H groups in total. The van der Waals surface area contributed by atoms with Crippen molar-refractivity contribution in [2.75, 3.05) is 0 Å². The Bertz CT molecular complexity index is 1030. The van der Waals surface area contributed by atoms with Crippen molar-refractivity contribution in [1.29, 1.82) is 0 Å². The van der Waals surface area contributed by atoms with Crippen LogP contribution < -0.4 is 5.56 Å². The van der Waals surface area contributed by atoms with Gasteiger partial charge in [0, 0.05) is 29.9 Å². The number of benzene rings is 2. The van der Waals surface area contributed by atoms with E-state index in [1.807, 2.05) is 24.3 Å². The van der Waals surface area contributed by atoms with E-state index < -0.39 is 0 Å². The van der Waals surface area contributed by atoms with Gasteiger partial charge in [0.15, 0.2) is 0 Å². The van der Waals surface area contributed by atoms with Crippen LogP contribution in [0.3, 0.4) is 0 Å². The standard InChI is InChI=1S/C21H20BrN3O2/c1-14-5-3-4-6-17(14)18(15-7-9-16(22)10-8-15)13-20(24-27)19-11-12-21(26)25(2)23-19/h3-12,18,27H,13H2,1-2H3. The van der Waals surface area contributed by atoms with Crippen molar-refractivity contribution in [3.63, 3.8) is 0 Å². The van der Waals surface area contributed by atoms with Crippen molar-refractivity contribution in [2.45, 2.75) is 19.3 Å². The highest BCUT2D eigenvalue weighted by atomic mass is 79.9. The molecule has 0 bridgehead atoms. The maximum Gasteiger partial charge on any atom is 0.266 e. The highest BCUT2D eigenvalue weighted by Crippen LogP contribution is 2.32. The summed E-state index contributed by atoms with van der Waals surface area (Å²) in [7, 11) is 1.58. The van der Waals surface area contributed by atoms with Gasteiger partial charge in [-0.15, -0.1) is 0 Å². The second-order valence-corrected chi connectivity index (χ2v) is 7.31. The number of hydrogen-bond donors (Lipinski definition) is 1. The zero-order valence-corrected chi connectivity index (χ0v) is 16.7. The summed E-state index contributed by atoms with van der Waals surface area (Å²) in [5, 5.41) is 17.4. The number of halogens is 1. The predicted octanol–water partition coefficient (Wildman–Crippen LogP) is 4.25. The summed E-state index contributed by atoms with van der Waals surface area (Å²) in [5.74, 6) is -0.00997. The Morgan fingerprint density at radius 3 is 2.48 bits per heavy atom. The van der Waals surface area contributed by atoms with Crippen molar-refractivity contribution in [2.24, 2.45) is 12.2 Å². The van der Waals surface area contributed by atoms with Crippen LogP contribution >= 0.6 is 15.9 Å². The SMILES string of the molecule is Cc1ccccc1C(CC(=NO)c1ccc(=O)n(C)n1)c1ccc(Br)cc1. The first-order chi connectivity index (χ1) is 13.0. The van der Waals surface area contributed by atoms with Gasteiger partial charge in [0.1, 0.15) is 11.4 Å². The Balaban J connectivity index is 2.04. The zero-order chi connectivity index (χ0) is 19.4. The molecule has 6 heteroatoms. The van der Waals surface area contributed by atoms with Gasteiger partial charge in [-0.2, -0.15) is 5.10 Å². The van der Waals surface area contributed by atoms with Gasteiger partial charge in [-0.1, -0.05) is 57.5 Å². The normalized spacial score (nSPS) is 12.8. The Morgan fingerprint density at radius 2 is 1.85 bits per heavy atom. The van der Waals surface area contributed by atoms with E-state index in [9.17, 15) is 10.0 Å². The molecular weight excluding hydrogens is 406 g/mol. The average Bonchev–Trinajstić information content (AvgIpc) is 2.67. The van der Waals surface area contributed by atoms with E-state index in [0.717, 1.165) is 21.2 Å². The van der Waals surface area contributed by atoms with Gasteiger partial charge in [0.05, 0.1) is 0 Å². The fourth-order valence-electron chi connectivity index (χ4n) is 3.13. The third-order valence-corrected chi connectivity index (χ3v) is 5.14. The Hall–Kier alpha value is -2.73. The molecule has 2 aromatic carbocycles. The quantitative estimate of drug-likeness (QED) is 0.377. The molecule has 0 saturated heterocycles. The van der Waals surface area contributed by atoms with Crippen molar-refractivity contribution < 1.29 is 5.21 Å². The first-order valence-electron chi connectivity index (χ1n) is 8.56. The minimum atomic E-state index is -0.209. The van der Waals surface area contributed by atoms with E-state index in [2.05, 4.69) is 57.4 Å². The van der Waals surface area contributed by atoms with Crippen molar-refractivity contribution >= 4 is 21.6 Å². The monoisotopic (exact) mass is 425 g/mol. The van der Waals surface area contributed by atoms with Crippen LogP contribution in [-0.4, -0.2) is 20.7 Å². The number of nitrogens with zero attached hydrogens (tertiary/aromatic N) is 3. The van der Waals surface area contributed by atoms with Crippen LogP contribution in [0.25, 0.3) is 0 Å². The molecule has 0 aliphatic carbocycles. The lowest BCUT2D eigenvalue weighted by atomic mass is 9.84. The zero-order valence-electron chi connectivity index (χ0n) is 15.1. The van der Waals surface area contributed by atoms with Crippen molar-refractivity contribution in [3.05, 3.63) is 97.9 Å². The van der Waals surface area contributed by atoms with E-state index >= 15 is 0 Å². The van der Waals surface area contributed by atoms with Crippen LogP contribution in [0.2, 0.25) is 0 Å². The third kappa shape index (κ3) is 4.34. The summed E-state index contributed by atoms with van der Waals surface area (Å²) in [6.45, 7) is 2.07. The highest BCUT2D eigenvalue weighted by molar-refractivity contribution is 9.10. The molecule has 1 aromatic heterocycles. The molecule has 1 unspecified atom stereocenters. The van der Waals surface area contributed by atoms with Crippen molar-refractivity contribution in [3.8, 4) is 0 Å². The van der Waals surface area contributed by atoms with Gasteiger partial charge in [0.25, 0.3) is 5.56 Å². The molecule has 1 atom stereocenters. The van der Waals surface area contributed by atoms with Gasteiger partial charge >= 0.3 is 0 Å². The fraction of sp³-hybridized carbons (Fsp3) is 0.190. The van der Waals surface area contributed by atoms with E-state index in [1.54, 1.807) is 13.1 Å². The van der Waals surface area contributed by atoms with Crippen LogP contribution in [-0.2, 0) is 7.05 Å². The molecule has 27 heavy (non-hydrogen) atoms. The molecule has 1 heterocycles. The molecule has 3 aromatic rings. The van der Waals surface area contributed by atoms with E-state index in [4.69, 9.17) is 0 Å². The number of aromatic nitrogens is 2. The molecule has 0 radical (unpaired) electrons. The van der Waals surface area contributed by atoms with E-state index in [1.165, 1.54) is 10.7 Å². The highest BCUT2D eigenvalue weighted by Gasteiger charge is 2.21. The largest absolute Gasteiger partial charge is 0.411 e. The summed E-state index contributed by atoms with van der Waals surface area (Å²) < 4.78 is 2.24. The number of oxime groups is 1. The Morgan fingerprint density at radius 1 is 1.15 bits per heavy atom. The maximum absolute atomic E-state index is 11.6. The molecule has 3 rings (SSSR count). The minimum Gasteiger partial charge on any atom is -0.411 e. The molecule has 0 amide bonds. The molecule has 138 valence electrons. The minimum absolute atomic E-state index is 0.00997. The number of rotatable bonds is 5. The topological polar surface area (TPSA) is 67.5 Å². The van der Waals surface area contributed by atoms with E-state index in [0.29, 0.717) is 17.8 Å². The maximum atomic E-state index is 11.6. The first kappa shape index (κ1) is 19.0. The van der Waals surface area contributed by atoms with Gasteiger partial charge in [-0.3, -0.25) is 4.79 Å². The van der Waals surface area contributed by atoms with Crippen LogP contribution in [0.15, 0.2) is 75.1 Å². The summed E-state index contributed by atoms with van der Waals surface area (Å²) >= 11 is 3.48. The van der Waals surface area contributed by atoms with Crippen LogP contribution in [0.4, 0.5) is 0 Å². The van der Waals surface area contributed by atoms with E-state index in [-0.39, 0.29) is 11.5 Å². The second-order valence-electron chi connectivity index (χ2n) is 6.39. The molecule has 5 nitrogen and oxygen atoms in total. The second kappa shape index (κ2) is 8.31. The predicted molar refractivity (Wildman–Crippen MR) is 110 cm³/mol. The summed E-state index contributed by atoms with van der Waals surface area (Å²) in [5.41, 5.74) is 4.14. The van der Waals surface area contributed by atoms with Gasteiger partial charge in [0.2, 0.25) is 0 Å². The molecule has 0 spiro atoms. The molecule has 0 fully saturated rings. The summed E-state index contributed by atoms with van der Waals surface area (Å²) in [6.07, 6.45) is 0.453. The summed E-state index contributed by atoms with van der Waals surface area (Å²) in [6, 6.07) is 19.3. The van der Waals surface area contributed by atoms with Gasteiger partial charge in [-0.25, -0.2) is 4.68 Å². The lowest BCUT2D eigenvalue weighted by molar-refractivity contribution is 0.317. The molecular formula is C21H20BrN3O2. The number of hydrogen-bond acceptors (Lipinski definition) is 4. The molecule has 0 aliphatic heterocycles.